The number of fused-ring (bicyclic) bond motifs is 7. The lowest BCUT2D eigenvalue weighted by Gasteiger charge is -2.39. The number of carboxylic acids is 1. The van der Waals surface area contributed by atoms with Crippen LogP contribution in [0.4, 0.5) is 10.2 Å². The first kappa shape index (κ1) is 27.3. The van der Waals surface area contributed by atoms with Crippen LogP contribution in [0.1, 0.15) is 65.8 Å². The Hall–Kier alpha value is -3.53. The first-order valence-electron chi connectivity index (χ1n) is 13.7. The third-order valence-corrected chi connectivity index (χ3v) is 9.87. The summed E-state index contributed by atoms with van der Waals surface area (Å²) >= 11 is 12.6. The number of likely N-dealkylation sites (tertiary alicyclic amines) is 1. The monoisotopic (exact) mass is 607 g/mol. The molecule has 2 fully saturated rings. The Bertz CT molecular complexity index is 1810. The number of halogens is 3. The van der Waals surface area contributed by atoms with Crippen LogP contribution in [0.5, 0.6) is 0 Å². The van der Waals surface area contributed by atoms with Gasteiger partial charge in [0.05, 0.1) is 21.6 Å². The third-order valence-electron chi connectivity index (χ3n) is 9.37. The average molecular weight is 609 g/mol. The lowest BCUT2D eigenvalue weighted by atomic mass is 9.70. The van der Waals surface area contributed by atoms with Crippen molar-refractivity contribution in [3.63, 3.8) is 0 Å². The standard InChI is InChI=1S/C30H24Cl2FN5O3.CH4/c31-18-3-1-2-16(25(18)33)24-23-21(10-11-37-20-8-6-15(28(39)40)12-19(20)34-27(23)37)38(13-14-4-5-14)30(24)17-7-9-22(32)35-26(17)36-29(30)41;/h1-3,6-9,12,14,21,23-24H,4-5,10-11,13H2,(H,39,40)(H,35,36,41);1H4/t21-,23+,24-,30+;/m0./s1. The van der Waals surface area contributed by atoms with Crippen molar-refractivity contribution in [2.75, 3.05) is 11.9 Å². The van der Waals surface area contributed by atoms with Gasteiger partial charge in [-0.05, 0) is 67.1 Å². The van der Waals surface area contributed by atoms with Gasteiger partial charge < -0.3 is 15.0 Å². The van der Waals surface area contributed by atoms with E-state index in [1.165, 1.54) is 6.07 Å². The van der Waals surface area contributed by atoms with Gasteiger partial charge in [-0.15, -0.1) is 0 Å². The minimum absolute atomic E-state index is 0. The van der Waals surface area contributed by atoms with E-state index >= 15 is 4.39 Å². The lowest BCUT2D eigenvalue weighted by molar-refractivity contribution is -0.128. The SMILES string of the molecule is C.O=C(O)c1ccc2c(c1)nc1n2CC[C@H]2[C@@H]1[C@H](c1cccc(Cl)c1F)[C@]1(C(=O)Nc3nc(Cl)ccc31)N2CC1CC1. The Labute approximate surface area is 251 Å². The van der Waals surface area contributed by atoms with Crippen LogP contribution in [0.2, 0.25) is 10.2 Å². The second-order valence-electron chi connectivity index (χ2n) is 11.5. The van der Waals surface area contributed by atoms with Crippen molar-refractivity contribution < 1.29 is 19.1 Å². The van der Waals surface area contributed by atoms with Crippen molar-refractivity contribution in [3.8, 4) is 0 Å². The molecule has 2 aromatic carbocycles. The molecule has 42 heavy (non-hydrogen) atoms. The van der Waals surface area contributed by atoms with E-state index in [9.17, 15) is 14.7 Å². The maximum absolute atomic E-state index is 16.1. The van der Waals surface area contributed by atoms with Crippen LogP contribution in [0.25, 0.3) is 11.0 Å². The lowest BCUT2D eigenvalue weighted by Crippen LogP contribution is -2.53. The van der Waals surface area contributed by atoms with Crippen LogP contribution in [-0.2, 0) is 16.9 Å². The van der Waals surface area contributed by atoms with E-state index < -0.39 is 23.2 Å². The average Bonchev–Trinajstić information content (AvgIpc) is 3.53. The normalized spacial score (nSPS) is 26.1. The summed E-state index contributed by atoms with van der Waals surface area (Å²) in [6.07, 6.45) is 2.86. The molecule has 216 valence electrons. The highest BCUT2D eigenvalue weighted by Gasteiger charge is 2.69. The Morgan fingerprint density at radius 2 is 1.93 bits per heavy atom. The summed E-state index contributed by atoms with van der Waals surface area (Å²) in [5, 5.41) is 12.8. The molecule has 0 bridgehead atoms. The molecule has 1 amide bonds. The van der Waals surface area contributed by atoms with Gasteiger partial charge in [0.2, 0.25) is 0 Å². The zero-order valence-corrected chi connectivity index (χ0v) is 23.2. The Morgan fingerprint density at radius 3 is 2.69 bits per heavy atom. The fourth-order valence-electron chi connectivity index (χ4n) is 7.60. The van der Waals surface area contributed by atoms with E-state index in [1.54, 1.807) is 36.4 Å². The van der Waals surface area contributed by atoms with Crippen molar-refractivity contribution in [1.29, 1.82) is 0 Å². The van der Waals surface area contributed by atoms with Crippen LogP contribution in [0, 0.1) is 11.7 Å². The number of nitrogens with one attached hydrogen (secondary N) is 1. The minimum Gasteiger partial charge on any atom is -0.478 e. The molecule has 8 nitrogen and oxygen atoms in total. The molecule has 4 aliphatic rings. The molecule has 1 saturated heterocycles. The highest BCUT2D eigenvalue weighted by atomic mass is 35.5. The maximum Gasteiger partial charge on any atom is 0.335 e. The predicted molar refractivity (Wildman–Crippen MR) is 158 cm³/mol. The second-order valence-corrected chi connectivity index (χ2v) is 12.3. The number of anilines is 1. The molecule has 1 saturated carbocycles. The molecule has 2 aromatic heterocycles. The number of rotatable bonds is 4. The zero-order valence-electron chi connectivity index (χ0n) is 21.7. The summed E-state index contributed by atoms with van der Waals surface area (Å²) < 4.78 is 18.2. The van der Waals surface area contributed by atoms with E-state index in [1.807, 2.05) is 6.07 Å². The fourth-order valence-corrected chi connectivity index (χ4v) is 7.93. The minimum atomic E-state index is -1.27. The first-order chi connectivity index (χ1) is 19.8. The van der Waals surface area contributed by atoms with Crippen LogP contribution in [-0.4, -0.2) is 49.0 Å². The van der Waals surface area contributed by atoms with Gasteiger partial charge in [0.25, 0.3) is 5.91 Å². The van der Waals surface area contributed by atoms with Gasteiger partial charge in [0.15, 0.2) is 0 Å². The number of hydrogen-bond donors (Lipinski definition) is 2. The van der Waals surface area contributed by atoms with Crippen molar-refractivity contribution in [3.05, 3.63) is 87.0 Å². The van der Waals surface area contributed by atoms with E-state index in [0.29, 0.717) is 53.7 Å². The van der Waals surface area contributed by atoms with Crippen molar-refractivity contribution in [2.24, 2.45) is 5.92 Å². The van der Waals surface area contributed by atoms with E-state index in [4.69, 9.17) is 28.2 Å². The van der Waals surface area contributed by atoms with Gasteiger partial charge in [-0.2, -0.15) is 0 Å². The fraction of sp³-hybridized carbons (Fsp3) is 0.355. The van der Waals surface area contributed by atoms with Gasteiger partial charge in [-0.1, -0.05) is 42.8 Å². The number of aromatic nitrogens is 3. The number of benzene rings is 2. The summed E-state index contributed by atoms with van der Waals surface area (Å²) in [5.41, 5.74) is 1.26. The molecule has 0 radical (unpaired) electrons. The van der Waals surface area contributed by atoms with E-state index in [-0.39, 0.29) is 41.0 Å². The molecule has 11 heteroatoms. The number of aromatic carboxylic acids is 1. The summed E-state index contributed by atoms with van der Waals surface area (Å²) in [7, 11) is 0. The largest absolute Gasteiger partial charge is 0.478 e. The van der Waals surface area contributed by atoms with Crippen LogP contribution in [0.15, 0.2) is 48.5 Å². The molecule has 0 unspecified atom stereocenters. The van der Waals surface area contributed by atoms with Gasteiger partial charge in [0, 0.05) is 36.5 Å². The number of amides is 1. The summed E-state index contributed by atoms with van der Waals surface area (Å²) in [6.45, 7) is 1.31. The number of hydrogen-bond acceptors (Lipinski definition) is 5. The molecule has 4 atom stereocenters. The Morgan fingerprint density at radius 1 is 1.12 bits per heavy atom. The third kappa shape index (κ3) is 3.63. The maximum atomic E-state index is 16.1. The number of carbonyl (C=O) groups excluding carboxylic acids is 1. The smallest absolute Gasteiger partial charge is 0.335 e. The van der Waals surface area contributed by atoms with Crippen molar-refractivity contribution in [1.82, 2.24) is 19.4 Å². The van der Waals surface area contributed by atoms with Crippen LogP contribution < -0.4 is 5.32 Å². The van der Waals surface area contributed by atoms with Crippen LogP contribution >= 0.6 is 23.2 Å². The second kappa shape index (κ2) is 9.49. The summed E-state index contributed by atoms with van der Waals surface area (Å²) in [4.78, 5) is 37.9. The number of carboxylic acid groups (broad SMARTS) is 1. The molecule has 5 heterocycles. The molecule has 8 rings (SSSR count). The first-order valence-corrected chi connectivity index (χ1v) is 14.5. The molecule has 1 spiro atoms. The Balaban J connectivity index is 0.00000288. The van der Waals surface area contributed by atoms with E-state index in [2.05, 4.69) is 19.8 Å². The molecular weight excluding hydrogens is 580 g/mol. The van der Waals surface area contributed by atoms with Gasteiger partial charge in [-0.3, -0.25) is 9.69 Å². The number of aryl methyl sites for hydroxylation is 1. The molecule has 3 aliphatic heterocycles. The predicted octanol–water partition coefficient (Wildman–Crippen LogP) is 6.42. The highest BCUT2D eigenvalue weighted by Crippen LogP contribution is 2.64. The number of imidazole rings is 1. The van der Waals surface area contributed by atoms with Crippen molar-refractivity contribution >= 4 is 51.9 Å². The molecule has 2 N–H and O–H groups in total. The zero-order chi connectivity index (χ0) is 28.2. The number of carbonyl (C=O) groups is 2. The molecular formula is C31H28Cl2FN5O3. The molecule has 1 aliphatic carbocycles. The van der Waals surface area contributed by atoms with Crippen LogP contribution in [0.3, 0.4) is 0 Å². The van der Waals surface area contributed by atoms with E-state index in [0.717, 1.165) is 18.4 Å². The molecule has 4 aromatic rings. The topological polar surface area (TPSA) is 100 Å². The summed E-state index contributed by atoms with van der Waals surface area (Å²) in [5.74, 6) is -1.40. The van der Waals surface area contributed by atoms with Crippen molar-refractivity contribution in [2.45, 2.75) is 56.7 Å². The van der Waals surface area contributed by atoms with Gasteiger partial charge in [-0.25, -0.2) is 19.2 Å². The number of pyridine rings is 1. The van der Waals surface area contributed by atoms with Gasteiger partial charge >= 0.3 is 5.97 Å². The quantitative estimate of drug-likeness (QED) is 0.259. The summed E-state index contributed by atoms with van der Waals surface area (Å²) in [6, 6.07) is 13.2. The highest BCUT2D eigenvalue weighted by molar-refractivity contribution is 6.31. The Kier molecular flexibility index (Phi) is 6.17. The van der Waals surface area contributed by atoms with Gasteiger partial charge in [0.1, 0.15) is 28.2 Å². The number of nitrogens with zero attached hydrogens (tertiary/aromatic N) is 4.